The van der Waals surface area contributed by atoms with Crippen LogP contribution in [0.2, 0.25) is 0 Å². The summed E-state index contributed by atoms with van der Waals surface area (Å²) in [5.74, 6) is 0.575. The molecule has 0 bridgehead atoms. The molecule has 1 N–H and O–H groups in total. The van der Waals surface area contributed by atoms with Crippen molar-refractivity contribution in [2.75, 3.05) is 18.5 Å². The lowest BCUT2D eigenvalue weighted by atomic mass is 9.92. The summed E-state index contributed by atoms with van der Waals surface area (Å²) >= 11 is 3.41. The highest BCUT2D eigenvalue weighted by atomic mass is 79.9. The smallest absolute Gasteiger partial charge is 0.273 e. The molecule has 0 aliphatic carbocycles. The Balaban J connectivity index is 2.12. The molecule has 1 saturated heterocycles. The Morgan fingerprint density at radius 2 is 2.10 bits per heavy atom. The average molecular weight is 343 g/mol. The first-order chi connectivity index (χ1) is 9.49. The van der Waals surface area contributed by atoms with Crippen LogP contribution in [0.25, 0.3) is 0 Å². The number of anilines is 1. The number of aryl methyl sites for hydroxylation is 1. The first kappa shape index (κ1) is 15.3. The second kappa shape index (κ2) is 6.54. The van der Waals surface area contributed by atoms with Gasteiger partial charge in [0.05, 0.1) is 4.92 Å². The van der Waals surface area contributed by atoms with E-state index in [1.165, 1.54) is 0 Å². The minimum absolute atomic E-state index is 0.140. The van der Waals surface area contributed by atoms with E-state index in [2.05, 4.69) is 28.2 Å². The van der Waals surface area contributed by atoms with E-state index in [1.807, 2.05) is 6.07 Å². The van der Waals surface area contributed by atoms with Crippen LogP contribution in [0.5, 0.6) is 0 Å². The second-order valence-electron chi connectivity index (χ2n) is 5.26. The summed E-state index contributed by atoms with van der Waals surface area (Å²) in [5, 5.41) is 14.4. The van der Waals surface area contributed by atoms with Crippen molar-refractivity contribution in [2.24, 2.45) is 5.92 Å². The summed E-state index contributed by atoms with van der Waals surface area (Å²) in [4.78, 5) is 10.5. The SMILES string of the molecule is Cc1cc(NC(C)C2CCOCC2)c(Br)cc1[N+](=O)[O-]. The van der Waals surface area contributed by atoms with Gasteiger partial charge in [-0.25, -0.2) is 0 Å². The third-order valence-electron chi connectivity index (χ3n) is 3.84. The van der Waals surface area contributed by atoms with Gasteiger partial charge in [0, 0.05) is 41.0 Å². The number of benzene rings is 1. The van der Waals surface area contributed by atoms with Crippen molar-refractivity contribution in [3.63, 3.8) is 0 Å². The first-order valence-corrected chi connectivity index (χ1v) is 7.57. The molecule has 1 fully saturated rings. The number of nitro groups is 1. The number of halogens is 1. The maximum Gasteiger partial charge on any atom is 0.273 e. The van der Waals surface area contributed by atoms with Crippen molar-refractivity contribution in [1.82, 2.24) is 0 Å². The van der Waals surface area contributed by atoms with Gasteiger partial charge in [0.25, 0.3) is 5.69 Å². The molecule has 1 aliphatic heterocycles. The van der Waals surface area contributed by atoms with Gasteiger partial charge in [-0.3, -0.25) is 10.1 Å². The zero-order chi connectivity index (χ0) is 14.7. The van der Waals surface area contributed by atoms with Crippen LogP contribution in [0, 0.1) is 23.0 Å². The number of nitrogens with zero attached hydrogens (tertiary/aromatic N) is 1. The molecule has 5 nitrogen and oxygen atoms in total. The van der Waals surface area contributed by atoms with E-state index in [0.29, 0.717) is 17.5 Å². The lowest BCUT2D eigenvalue weighted by Gasteiger charge is -2.29. The molecule has 0 amide bonds. The Kier molecular flexibility index (Phi) is 4.99. The number of hydrogen-bond donors (Lipinski definition) is 1. The molecule has 1 atom stereocenters. The van der Waals surface area contributed by atoms with Crippen molar-refractivity contribution >= 4 is 27.3 Å². The van der Waals surface area contributed by atoms with Crippen LogP contribution in [0.4, 0.5) is 11.4 Å². The standard InChI is InChI=1S/C14H19BrN2O3/c1-9-7-13(12(15)8-14(9)17(18)19)16-10(2)11-3-5-20-6-4-11/h7-8,10-11,16H,3-6H2,1-2H3. The molecule has 110 valence electrons. The van der Waals surface area contributed by atoms with Gasteiger partial charge in [0.2, 0.25) is 0 Å². The number of nitro benzene ring substituents is 1. The van der Waals surface area contributed by atoms with Crippen LogP contribution < -0.4 is 5.32 Å². The number of rotatable bonds is 4. The average Bonchev–Trinajstić information content (AvgIpc) is 2.43. The highest BCUT2D eigenvalue weighted by molar-refractivity contribution is 9.10. The molecule has 1 unspecified atom stereocenters. The van der Waals surface area contributed by atoms with Crippen LogP contribution in [-0.4, -0.2) is 24.2 Å². The largest absolute Gasteiger partial charge is 0.381 e. The van der Waals surface area contributed by atoms with Gasteiger partial charge in [-0.15, -0.1) is 0 Å². The number of hydrogen-bond acceptors (Lipinski definition) is 4. The Morgan fingerprint density at radius 3 is 2.70 bits per heavy atom. The Hall–Kier alpha value is -1.14. The zero-order valence-electron chi connectivity index (χ0n) is 11.7. The molecule has 1 aliphatic rings. The van der Waals surface area contributed by atoms with Crippen LogP contribution in [0.15, 0.2) is 16.6 Å². The maximum atomic E-state index is 10.9. The van der Waals surface area contributed by atoms with E-state index in [4.69, 9.17) is 4.74 Å². The molecule has 0 aromatic heterocycles. The van der Waals surface area contributed by atoms with Gasteiger partial charge in [0.15, 0.2) is 0 Å². The van der Waals surface area contributed by atoms with Gasteiger partial charge in [0.1, 0.15) is 0 Å². The Labute approximate surface area is 127 Å². The fourth-order valence-electron chi connectivity index (χ4n) is 2.56. The summed E-state index contributed by atoms with van der Waals surface area (Å²) in [7, 11) is 0. The highest BCUT2D eigenvalue weighted by Crippen LogP contribution is 2.32. The lowest BCUT2D eigenvalue weighted by molar-refractivity contribution is -0.385. The van der Waals surface area contributed by atoms with E-state index >= 15 is 0 Å². The molecule has 1 aromatic rings. The summed E-state index contributed by atoms with van der Waals surface area (Å²) in [6.45, 7) is 5.54. The Morgan fingerprint density at radius 1 is 1.45 bits per heavy atom. The molecule has 0 saturated carbocycles. The van der Waals surface area contributed by atoms with Gasteiger partial charge in [-0.05, 0) is 54.6 Å². The van der Waals surface area contributed by atoms with E-state index in [-0.39, 0.29) is 10.6 Å². The molecule has 20 heavy (non-hydrogen) atoms. The summed E-state index contributed by atoms with van der Waals surface area (Å²) in [6, 6.07) is 3.71. The topological polar surface area (TPSA) is 64.4 Å². The van der Waals surface area contributed by atoms with E-state index in [9.17, 15) is 10.1 Å². The van der Waals surface area contributed by atoms with Gasteiger partial charge in [-0.2, -0.15) is 0 Å². The van der Waals surface area contributed by atoms with Crippen LogP contribution in [-0.2, 0) is 4.74 Å². The van der Waals surface area contributed by atoms with Crippen LogP contribution >= 0.6 is 15.9 Å². The minimum Gasteiger partial charge on any atom is -0.381 e. The van der Waals surface area contributed by atoms with Crippen LogP contribution in [0.3, 0.4) is 0 Å². The quantitative estimate of drug-likeness (QED) is 0.665. The van der Waals surface area contributed by atoms with Crippen molar-refractivity contribution < 1.29 is 9.66 Å². The van der Waals surface area contributed by atoms with E-state index in [1.54, 1.807) is 13.0 Å². The van der Waals surface area contributed by atoms with Crippen molar-refractivity contribution in [2.45, 2.75) is 32.7 Å². The minimum atomic E-state index is -0.355. The molecule has 0 radical (unpaired) electrons. The van der Waals surface area contributed by atoms with Crippen molar-refractivity contribution in [3.05, 3.63) is 32.3 Å². The second-order valence-corrected chi connectivity index (χ2v) is 6.11. The van der Waals surface area contributed by atoms with Crippen molar-refractivity contribution in [3.8, 4) is 0 Å². The lowest BCUT2D eigenvalue weighted by Crippen LogP contribution is -2.31. The fourth-order valence-corrected chi connectivity index (χ4v) is 3.00. The summed E-state index contributed by atoms with van der Waals surface area (Å²) in [5.41, 5.74) is 1.72. The zero-order valence-corrected chi connectivity index (χ0v) is 13.3. The molecule has 1 heterocycles. The highest BCUT2D eigenvalue weighted by Gasteiger charge is 2.22. The summed E-state index contributed by atoms with van der Waals surface area (Å²) < 4.78 is 6.10. The van der Waals surface area contributed by atoms with E-state index in [0.717, 1.165) is 36.2 Å². The monoisotopic (exact) mass is 342 g/mol. The number of nitrogens with one attached hydrogen (secondary N) is 1. The predicted molar refractivity (Wildman–Crippen MR) is 82.2 cm³/mol. The van der Waals surface area contributed by atoms with E-state index < -0.39 is 0 Å². The van der Waals surface area contributed by atoms with Crippen molar-refractivity contribution in [1.29, 1.82) is 0 Å². The van der Waals surface area contributed by atoms with Crippen LogP contribution in [0.1, 0.15) is 25.3 Å². The normalized spacial score (nSPS) is 17.8. The Bertz CT molecular complexity index is 501. The molecule has 1 aromatic carbocycles. The third-order valence-corrected chi connectivity index (χ3v) is 4.49. The molecule has 0 spiro atoms. The molecular weight excluding hydrogens is 324 g/mol. The van der Waals surface area contributed by atoms with Gasteiger partial charge in [-0.1, -0.05) is 0 Å². The molecule has 2 rings (SSSR count). The van der Waals surface area contributed by atoms with Gasteiger partial charge < -0.3 is 10.1 Å². The third kappa shape index (κ3) is 3.49. The maximum absolute atomic E-state index is 10.9. The molecule has 6 heteroatoms. The first-order valence-electron chi connectivity index (χ1n) is 6.78. The predicted octanol–water partition coefficient (Wildman–Crippen LogP) is 3.89. The van der Waals surface area contributed by atoms with Gasteiger partial charge >= 0.3 is 0 Å². The summed E-state index contributed by atoms with van der Waals surface area (Å²) in [6.07, 6.45) is 2.11. The molecular formula is C14H19BrN2O3. The fraction of sp³-hybridized carbons (Fsp3) is 0.571. The number of ether oxygens (including phenoxy) is 1.